The molecule has 4 rings (SSSR count). The number of aromatic nitrogens is 3. The molecule has 1 saturated heterocycles. The zero-order valence-corrected chi connectivity index (χ0v) is 18.7. The summed E-state index contributed by atoms with van der Waals surface area (Å²) in [5.41, 5.74) is 2.19. The van der Waals surface area contributed by atoms with Gasteiger partial charge in [0.1, 0.15) is 5.75 Å². The summed E-state index contributed by atoms with van der Waals surface area (Å²) in [5, 5.41) is 11.4. The first-order valence-corrected chi connectivity index (χ1v) is 10.8. The van der Waals surface area contributed by atoms with Gasteiger partial charge in [0.15, 0.2) is 5.69 Å². The number of amides is 2. The fourth-order valence-corrected chi connectivity index (χ4v) is 3.95. The molecule has 1 fully saturated rings. The molecule has 2 amide bonds. The predicted octanol–water partition coefficient (Wildman–Crippen LogP) is 4.12. The van der Waals surface area contributed by atoms with Crippen molar-refractivity contribution >= 4 is 29.1 Å². The lowest BCUT2D eigenvalue weighted by atomic mass is 10.1. The number of piperidine rings is 1. The summed E-state index contributed by atoms with van der Waals surface area (Å²) in [6, 6.07) is 12.2. The second kappa shape index (κ2) is 9.40. The number of ether oxygens (including phenoxy) is 1. The molecule has 0 radical (unpaired) electrons. The van der Waals surface area contributed by atoms with Crippen molar-refractivity contribution in [3.8, 4) is 11.4 Å². The molecule has 2 heterocycles. The van der Waals surface area contributed by atoms with Crippen molar-refractivity contribution in [1.82, 2.24) is 19.9 Å². The summed E-state index contributed by atoms with van der Waals surface area (Å²) < 4.78 is 6.82. The van der Waals surface area contributed by atoms with Gasteiger partial charge in [-0.3, -0.25) is 9.59 Å². The summed E-state index contributed by atoms with van der Waals surface area (Å²) in [6.45, 7) is 3.18. The van der Waals surface area contributed by atoms with Crippen molar-refractivity contribution < 1.29 is 14.3 Å². The highest BCUT2D eigenvalue weighted by Gasteiger charge is 2.24. The third kappa shape index (κ3) is 4.45. The number of anilines is 1. The molecular formula is C23H24ClN5O3. The predicted molar refractivity (Wildman–Crippen MR) is 122 cm³/mol. The van der Waals surface area contributed by atoms with Gasteiger partial charge in [0.2, 0.25) is 0 Å². The number of nitrogens with zero attached hydrogens (tertiary/aromatic N) is 4. The molecule has 0 bridgehead atoms. The van der Waals surface area contributed by atoms with Crippen molar-refractivity contribution in [3.05, 3.63) is 64.4 Å². The number of methoxy groups -OCH3 is 1. The van der Waals surface area contributed by atoms with Gasteiger partial charge in [-0.05, 0) is 56.5 Å². The topological polar surface area (TPSA) is 89.3 Å². The average molecular weight is 454 g/mol. The van der Waals surface area contributed by atoms with Crippen LogP contribution in [0.15, 0.2) is 42.5 Å². The standard InChI is InChI=1S/C23H24ClN5O3/c1-15-21(26-27-29(15)17-7-6-8-18(14-17)32-2)22(30)25-20-13-16(24)9-10-19(20)23(31)28-11-4-3-5-12-28/h6-10,13-14H,3-5,11-12H2,1-2H3,(H,25,30). The maximum absolute atomic E-state index is 13.1. The molecule has 0 spiro atoms. The Morgan fingerprint density at radius 1 is 1.09 bits per heavy atom. The van der Waals surface area contributed by atoms with Gasteiger partial charge in [-0.15, -0.1) is 5.10 Å². The van der Waals surface area contributed by atoms with Crippen LogP contribution in [0.5, 0.6) is 5.75 Å². The highest BCUT2D eigenvalue weighted by atomic mass is 35.5. The van der Waals surface area contributed by atoms with Gasteiger partial charge in [0.25, 0.3) is 11.8 Å². The molecule has 32 heavy (non-hydrogen) atoms. The minimum atomic E-state index is -0.466. The number of carbonyl (C=O) groups is 2. The van der Waals surface area contributed by atoms with Crippen LogP contribution in [-0.2, 0) is 0 Å². The number of hydrogen-bond acceptors (Lipinski definition) is 5. The van der Waals surface area contributed by atoms with Gasteiger partial charge in [-0.2, -0.15) is 0 Å². The molecule has 1 aliphatic heterocycles. The average Bonchev–Trinajstić information content (AvgIpc) is 3.21. The normalized spacial score (nSPS) is 13.7. The molecule has 8 nitrogen and oxygen atoms in total. The second-order valence-corrected chi connectivity index (χ2v) is 8.07. The summed E-state index contributed by atoms with van der Waals surface area (Å²) >= 11 is 6.16. The molecule has 0 aliphatic carbocycles. The number of nitrogens with one attached hydrogen (secondary N) is 1. The third-order valence-electron chi connectivity index (χ3n) is 5.51. The van der Waals surface area contributed by atoms with Gasteiger partial charge >= 0.3 is 0 Å². The molecule has 1 N–H and O–H groups in total. The maximum atomic E-state index is 13.1. The first kappa shape index (κ1) is 21.8. The first-order chi connectivity index (χ1) is 15.5. The van der Waals surface area contributed by atoms with E-state index in [1.165, 1.54) is 0 Å². The molecule has 1 aliphatic rings. The van der Waals surface area contributed by atoms with Crippen LogP contribution in [0.3, 0.4) is 0 Å². The van der Waals surface area contributed by atoms with Crippen LogP contribution in [-0.4, -0.2) is 51.9 Å². The van der Waals surface area contributed by atoms with Gasteiger partial charge in [0.05, 0.1) is 29.7 Å². The van der Waals surface area contributed by atoms with Crippen LogP contribution < -0.4 is 10.1 Å². The molecule has 0 saturated carbocycles. The van der Waals surface area contributed by atoms with Gasteiger partial charge in [-0.25, -0.2) is 4.68 Å². The van der Waals surface area contributed by atoms with Crippen molar-refractivity contribution in [2.75, 3.05) is 25.5 Å². The number of rotatable bonds is 5. The Morgan fingerprint density at radius 2 is 1.88 bits per heavy atom. The van der Waals surface area contributed by atoms with Crippen molar-refractivity contribution in [1.29, 1.82) is 0 Å². The molecule has 0 atom stereocenters. The molecule has 0 unspecified atom stereocenters. The van der Waals surface area contributed by atoms with E-state index in [2.05, 4.69) is 15.6 Å². The van der Waals surface area contributed by atoms with E-state index in [1.807, 2.05) is 23.1 Å². The Hall–Kier alpha value is -3.39. The zero-order valence-electron chi connectivity index (χ0n) is 18.0. The lowest BCUT2D eigenvalue weighted by molar-refractivity contribution is 0.0725. The Morgan fingerprint density at radius 3 is 2.62 bits per heavy atom. The monoisotopic (exact) mass is 453 g/mol. The fraction of sp³-hybridized carbons (Fsp3) is 0.304. The molecule has 3 aromatic rings. The second-order valence-electron chi connectivity index (χ2n) is 7.63. The lowest BCUT2D eigenvalue weighted by Gasteiger charge is -2.27. The maximum Gasteiger partial charge on any atom is 0.278 e. The summed E-state index contributed by atoms with van der Waals surface area (Å²) in [7, 11) is 1.58. The van der Waals surface area contributed by atoms with Gasteiger partial charge < -0.3 is 15.0 Å². The number of carbonyl (C=O) groups excluding carboxylic acids is 2. The van der Waals surface area contributed by atoms with E-state index in [0.29, 0.717) is 40.8 Å². The molecule has 166 valence electrons. The van der Waals surface area contributed by atoms with Crippen molar-refractivity contribution in [2.24, 2.45) is 0 Å². The smallest absolute Gasteiger partial charge is 0.278 e. The first-order valence-electron chi connectivity index (χ1n) is 10.4. The van der Waals surface area contributed by atoms with Crippen molar-refractivity contribution in [3.63, 3.8) is 0 Å². The molecule has 2 aromatic carbocycles. The SMILES string of the molecule is COc1cccc(-n2nnc(C(=O)Nc3cc(Cl)ccc3C(=O)N3CCCCC3)c2C)c1. The molecule has 9 heteroatoms. The summed E-state index contributed by atoms with van der Waals surface area (Å²) in [4.78, 5) is 27.9. The highest BCUT2D eigenvalue weighted by Crippen LogP contribution is 2.25. The van der Waals surface area contributed by atoms with Crippen LogP contribution in [0.25, 0.3) is 5.69 Å². The Bertz CT molecular complexity index is 1150. The van der Waals surface area contributed by atoms with E-state index in [-0.39, 0.29) is 11.6 Å². The fourth-order valence-electron chi connectivity index (χ4n) is 3.78. The largest absolute Gasteiger partial charge is 0.497 e. The summed E-state index contributed by atoms with van der Waals surface area (Å²) in [5.74, 6) is 0.0863. The minimum Gasteiger partial charge on any atom is -0.497 e. The van der Waals surface area contributed by atoms with Gasteiger partial charge in [0, 0.05) is 24.2 Å². The lowest BCUT2D eigenvalue weighted by Crippen LogP contribution is -2.36. The third-order valence-corrected chi connectivity index (χ3v) is 5.75. The van der Waals surface area contributed by atoms with E-state index in [0.717, 1.165) is 24.9 Å². The summed E-state index contributed by atoms with van der Waals surface area (Å²) in [6.07, 6.45) is 3.08. The van der Waals surface area contributed by atoms with Gasteiger partial charge in [-0.1, -0.05) is 22.9 Å². The zero-order chi connectivity index (χ0) is 22.7. The van der Waals surface area contributed by atoms with E-state index < -0.39 is 5.91 Å². The number of hydrogen-bond donors (Lipinski definition) is 1. The Labute approximate surface area is 191 Å². The van der Waals surface area contributed by atoms with Crippen LogP contribution in [0.4, 0.5) is 5.69 Å². The Balaban J connectivity index is 1.60. The minimum absolute atomic E-state index is 0.117. The number of halogens is 1. The van der Waals surface area contributed by atoms with E-state index in [1.54, 1.807) is 43.0 Å². The van der Waals surface area contributed by atoms with Crippen molar-refractivity contribution in [2.45, 2.75) is 26.2 Å². The number of likely N-dealkylation sites (tertiary alicyclic amines) is 1. The van der Waals surface area contributed by atoms with Crippen LogP contribution in [0, 0.1) is 6.92 Å². The van der Waals surface area contributed by atoms with Crippen LogP contribution in [0.1, 0.15) is 45.8 Å². The van der Waals surface area contributed by atoms with E-state index in [4.69, 9.17) is 16.3 Å². The van der Waals surface area contributed by atoms with E-state index >= 15 is 0 Å². The quantitative estimate of drug-likeness (QED) is 0.627. The highest BCUT2D eigenvalue weighted by molar-refractivity contribution is 6.31. The number of benzene rings is 2. The molecular weight excluding hydrogens is 430 g/mol. The van der Waals surface area contributed by atoms with E-state index in [9.17, 15) is 9.59 Å². The van der Waals surface area contributed by atoms with Crippen LogP contribution >= 0.6 is 11.6 Å². The van der Waals surface area contributed by atoms with Crippen LogP contribution in [0.2, 0.25) is 5.02 Å². The molecule has 1 aromatic heterocycles. The Kier molecular flexibility index (Phi) is 6.41.